The highest BCUT2D eigenvalue weighted by molar-refractivity contribution is 6.98. The Kier molecular flexibility index (Phi) is 11.4. The highest BCUT2D eigenvalue weighted by atomic mass is 28.4. The third-order valence-corrected chi connectivity index (χ3v) is 41.1. The zero-order valence-electron chi connectivity index (χ0n) is 34.4. The van der Waals surface area contributed by atoms with Crippen LogP contribution < -0.4 is 9.92 Å². The van der Waals surface area contributed by atoms with Crippen LogP contribution in [0.2, 0.25) is 118 Å². The molecule has 1 nitrogen and oxygen atoms in total. The Bertz CT molecular complexity index is 1500. The second-order valence-electron chi connectivity index (χ2n) is 21.7. The maximum atomic E-state index is 19.1. The fourth-order valence-corrected chi connectivity index (χ4v) is 52.4. The second kappa shape index (κ2) is 13.7. The summed E-state index contributed by atoms with van der Waals surface area (Å²) in [4.78, 5) is 0. The van der Waals surface area contributed by atoms with Gasteiger partial charge in [0.1, 0.15) is 11.5 Å². The number of para-hydroxylation sites is 2. The van der Waals surface area contributed by atoms with Crippen LogP contribution in [0.4, 0.5) is 4.11 Å². The van der Waals surface area contributed by atoms with Crippen molar-refractivity contribution in [2.75, 3.05) is 0 Å². The molecule has 1 atom stereocenters. The van der Waals surface area contributed by atoms with Crippen LogP contribution in [0.15, 0.2) is 60.7 Å². The standard InChI is InChI=1S/C40H69FOSi7/c1-44(2,3)38(45(4,5)6)29-27-32(39(46(7,8)9)47(10,11)12)37(33(28-29)40(48(13,14)15)49(16,17)18)43(41)36-30-23-19-21-25-34(30)42-35-26-22-20-24-31(35)36/h19-28,36,38-40,43H,1-18H3. The Morgan fingerprint density at radius 3 is 1.10 bits per heavy atom. The van der Waals surface area contributed by atoms with Crippen LogP contribution in [0.1, 0.15) is 48.9 Å². The average Bonchev–Trinajstić information content (AvgIpc) is 2.86. The number of rotatable bonds is 11. The van der Waals surface area contributed by atoms with E-state index < -0.39 is 57.6 Å². The van der Waals surface area contributed by atoms with Gasteiger partial charge in [0.2, 0.25) is 0 Å². The van der Waals surface area contributed by atoms with E-state index in [0.29, 0.717) is 15.5 Å². The maximum Gasteiger partial charge on any atom is 0.275 e. The number of fused-ring (bicyclic) bond motifs is 2. The molecule has 0 aliphatic carbocycles. The molecule has 3 aromatic carbocycles. The van der Waals surface area contributed by atoms with Crippen molar-refractivity contribution in [1.29, 1.82) is 0 Å². The van der Waals surface area contributed by atoms with E-state index >= 15 is 4.11 Å². The zero-order chi connectivity index (χ0) is 37.3. The Morgan fingerprint density at radius 2 is 0.796 bits per heavy atom. The zero-order valence-corrected chi connectivity index (χ0v) is 41.6. The number of halogens is 1. The summed E-state index contributed by atoms with van der Waals surface area (Å²) in [6, 6.07) is 22.0. The van der Waals surface area contributed by atoms with Crippen LogP contribution in [0, 0.1) is 0 Å². The summed E-state index contributed by atoms with van der Waals surface area (Å²) in [5.74, 6) is 1.66. The highest BCUT2D eigenvalue weighted by Gasteiger charge is 2.49. The molecule has 270 valence electrons. The summed E-state index contributed by atoms with van der Waals surface area (Å²) in [7, 11) is -13.6. The molecular weight excluding hydrogens is 712 g/mol. The lowest BCUT2D eigenvalue weighted by Gasteiger charge is -2.46. The van der Waals surface area contributed by atoms with E-state index in [1.165, 1.54) is 16.3 Å². The summed E-state index contributed by atoms with van der Waals surface area (Å²) in [6.07, 6.45) is 0. The first-order valence-corrected chi connectivity index (χ1v) is 41.9. The number of benzene rings is 3. The van der Waals surface area contributed by atoms with E-state index in [9.17, 15) is 0 Å². The summed E-state index contributed by atoms with van der Waals surface area (Å²) >= 11 is 0. The van der Waals surface area contributed by atoms with Gasteiger partial charge >= 0.3 is 0 Å². The molecule has 0 N–H and O–H groups in total. The molecule has 1 unspecified atom stereocenters. The first-order chi connectivity index (χ1) is 22.1. The molecule has 0 aromatic heterocycles. The van der Waals surface area contributed by atoms with E-state index in [1.807, 2.05) is 12.1 Å². The van der Waals surface area contributed by atoms with Crippen LogP contribution in [0.25, 0.3) is 0 Å². The molecule has 4 rings (SSSR count). The van der Waals surface area contributed by atoms with Crippen molar-refractivity contribution in [2.45, 2.75) is 139 Å². The Balaban J connectivity index is 2.29. The summed E-state index contributed by atoms with van der Waals surface area (Å²) in [6.45, 7) is 46.4. The molecule has 0 radical (unpaired) electrons. The van der Waals surface area contributed by atoms with Crippen molar-refractivity contribution in [3.05, 3.63) is 88.5 Å². The van der Waals surface area contributed by atoms with E-state index in [2.05, 4.69) is 166 Å². The predicted octanol–water partition coefficient (Wildman–Crippen LogP) is 12.6. The van der Waals surface area contributed by atoms with Crippen molar-refractivity contribution < 1.29 is 8.84 Å². The Hall–Kier alpha value is -1.09. The molecule has 0 bridgehead atoms. The summed E-state index contributed by atoms with van der Waals surface area (Å²) in [5.41, 5.74) is 6.28. The number of hydrogen-bond acceptors (Lipinski definition) is 1. The van der Waals surface area contributed by atoms with Crippen molar-refractivity contribution in [2.24, 2.45) is 0 Å². The molecule has 0 amide bonds. The SMILES string of the molecule is C[Si](C)(C)C(c1cc(C([Si](C)(C)C)[Si](C)(C)C)c([SiH](F)C2c3ccccc3Oc3ccccc32)c(C([Si](C)(C)C)[Si](C)(C)C)c1)[Si](C)(C)C. The molecule has 1 aliphatic rings. The van der Waals surface area contributed by atoms with Gasteiger partial charge in [0.25, 0.3) is 9.13 Å². The lowest BCUT2D eigenvalue weighted by Crippen LogP contribution is -2.55. The second-order valence-corrected chi connectivity index (χ2v) is 57.3. The molecule has 0 saturated heterocycles. The van der Waals surface area contributed by atoms with Gasteiger partial charge in [0.15, 0.2) is 0 Å². The molecule has 1 aliphatic heterocycles. The van der Waals surface area contributed by atoms with E-state index in [4.69, 9.17) is 4.74 Å². The smallest absolute Gasteiger partial charge is 0.275 e. The van der Waals surface area contributed by atoms with Crippen molar-refractivity contribution in [3.63, 3.8) is 0 Å². The molecule has 49 heavy (non-hydrogen) atoms. The lowest BCUT2D eigenvalue weighted by molar-refractivity contribution is 0.455. The summed E-state index contributed by atoms with van der Waals surface area (Å²) < 4.78 is 25.6. The van der Waals surface area contributed by atoms with Crippen LogP contribution in [0.5, 0.6) is 11.5 Å². The third-order valence-electron chi connectivity index (χ3n) is 10.7. The minimum atomic E-state index is -3.20. The van der Waals surface area contributed by atoms with Gasteiger partial charge in [-0.2, -0.15) is 0 Å². The van der Waals surface area contributed by atoms with Crippen LogP contribution >= 0.6 is 0 Å². The molecular formula is C40H69FOSi7. The minimum Gasteiger partial charge on any atom is -0.457 e. The number of ether oxygens (including phenoxy) is 1. The Labute approximate surface area is 308 Å². The van der Waals surface area contributed by atoms with Gasteiger partial charge in [-0.3, -0.25) is 0 Å². The van der Waals surface area contributed by atoms with E-state index in [1.54, 1.807) is 5.56 Å². The minimum absolute atomic E-state index is 0.276. The largest absolute Gasteiger partial charge is 0.457 e. The molecule has 3 aromatic rings. The van der Waals surface area contributed by atoms with Gasteiger partial charge in [0.05, 0.1) is 0 Å². The van der Waals surface area contributed by atoms with Crippen molar-refractivity contribution in [3.8, 4) is 11.5 Å². The lowest BCUT2D eigenvalue weighted by atomic mass is 10.00. The highest BCUT2D eigenvalue weighted by Crippen LogP contribution is 2.49. The molecule has 0 fully saturated rings. The Morgan fingerprint density at radius 1 is 0.490 bits per heavy atom. The monoisotopic (exact) mass is 780 g/mol. The van der Waals surface area contributed by atoms with Gasteiger partial charge in [-0.25, -0.2) is 0 Å². The normalized spacial score (nSPS) is 15.8. The van der Waals surface area contributed by atoms with Gasteiger partial charge in [-0.1, -0.05) is 166 Å². The fraction of sp³-hybridized carbons (Fsp3) is 0.550. The van der Waals surface area contributed by atoms with Gasteiger partial charge in [-0.15, -0.1) is 0 Å². The quantitative estimate of drug-likeness (QED) is 0.139. The molecule has 9 heteroatoms. The van der Waals surface area contributed by atoms with Gasteiger partial charge < -0.3 is 8.84 Å². The van der Waals surface area contributed by atoms with Crippen LogP contribution in [-0.2, 0) is 0 Å². The van der Waals surface area contributed by atoms with E-state index in [-0.39, 0.29) is 5.54 Å². The topological polar surface area (TPSA) is 9.23 Å². The third kappa shape index (κ3) is 8.60. The van der Waals surface area contributed by atoms with Crippen LogP contribution in [-0.4, -0.2) is 57.6 Å². The first kappa shape index (κ1) is 40.7. The molecule has 0 spiro atoms. The van der Waals surface area contributed by atoms with Crippen LogP contribution in [0.3, 0.4) is 0 Å². The predicted molar refractivity (Wildman–Crippen MR) is 237 cm³/mol. The van der Waals surface area contributed by atoms with E-state index in [0.717, 1.165) is 22.6 Å². The fourth-order valence-electron chi connectivity index (χ4n) is 10.9. The van der Waals surface area contributed by atoms with Crippen molar-refractivity contribution in [1.82, 2.24) is 0 Å². The molecule has 1 heterocycles. The first-order valence-electron chi connectivity index (χ1n) is 18.7. The van der Waals surface area contributed by atoms with Gasteiger partial charge in [-0.05, 0) is 49.5 Å². The van der Waals surface area contributed by atoms with Crippen molar-refractivity contribution >= 4 is 62.8 Å². The number of hydrogen-bond donors (Lipinski definition) is 0. The molecule has 0 saturated carbocycles. The maximum absolute atomic E-state index is 19.1. The average molecular weight is 782 g/mol. The van der Waals surface area contributed by atoms with Gasteiger partial charge in [0, 0.05) is 65.1 Å². The summed E-state index contributed by atoms with van der Waals surface area (Å²) in [5, 5.41) is 2.76.